The van der Waals surface area contributed by atoms with Gasteiger partial charge in [0.1, 0.15) is 0 Å². The van der Waals surface area contributed by atoms with Gasteiger partial charge in [-0.25, -0.2) is 0 Å². The Morgan fingerprint density at radius 3 is 1.41 bits per heavy atom. The number of hydrogen-bond acceptors (Lipinski definition) is 6. The quantitative estimate of drug-likeness (QED) is 0.252. The summed E-state index contributed by atoms with van der Waals surface area (Å²) in [6.07, 6.45) is 6.11. The molecule has 13 heteroatoms. The van der Waals surface area contributed by atoms with E-state index in [1.807, 2.05) is 4.90 Å². The van der Waals surface area contributed by atoms with Crippen LogP contribution in [0.25, 0.3) is 0 Å². The molecule has 3 rings (SSSR count). The van der Waals surface area contributed by atoms with Crippen LogP contribution in [0.3, 0.4) is 0 Å². The number of likely N-dealkylation sites (tertiary alicyclic amines) is 2. The minimum atomic E-state index is -0.424. The smallest absolute Gasteiger partial charge is 0.200 e. The molecule has 0 atom stereocenters. The third-order valence-corrected chi connectivity index (χ3v) is 5.25. The van der Waals surface area contributed by atoms with Crippen LogP contribution >= 0.6 is 0 Å². The standard InChI is InChI=1S/C7H12BN2O.C6H11BN2O.C6H13N2.C2H5.3Y/c1-10-4-2-6(3-5-10)9-7(8)11;7-6(10)9-5-1-3-8-4-2-5;1-8-4-2-6(7)3-5-8;1-2;;;/h6H,1-5H2,(H,9,11);5,8H,1-4H2,(H,9,10);6H,1-5,7H2;1H2,2H3;;;/q-1;;2*-1;;;. The van der Waals surface area contributed by atoms with E-state index in [1.165, 1.54) is 0 Å². The molecule has 0 saturated carbocycles. The van der Waals surface area contributed by atoms with Crippen molar-refractivity contribution in [3.8, 4) is 0 Å². The molecular weight excluding hydrogens is 657 g/mol. The average molecular weight is 698 g/mol. The molecule has 0 aliphatic carbocycles. The maximum Gasteiger partial charge on any atom is 0.200 e. The topological polar surface area (TPSA) is 103 Å². The number of carbonyl (C=O) groups is 2. The molecule has 0 aromatic heterocycles. The van der Waals surface area contributed by atoms with E-state index >= 15 is 0 Å². The third kappa shape index (κ3) is 25.9. The molecule has 0 spiro atoms. The Bertz CT molecular complexity index is 469. The van der Waals surface area contributed by atoms with Crippen molar-refractivity contribution in [2.24, 2.45) is 5.73 Å². The second-order valence-electron chi connectivity index (χ2n) is 7.89. The predicted molar refractivity (Wildman–Crippen MR) is 130 cm³/mol. The molecule has 3 saturated heterocycles. The molecule has 0 bridgehead atoms. The van der Waals surface area contributed by atoms with Gasteiger partial charge in [0.05, 0.1) is 0 Å². The minimum absolute atomic E-state index is 0. The molecule has 7 radical (unpaired) electrons. The van der Waals surface area contributed by atoms with Crippen molar-refractivity contribution in [3.05, 3.63) is 21.0 Å². The number of nitrogens with two attached hydrogens (primary N) is 1. The zero-order chi connectivity index (χ0) is 23.6. The molecule has 3 aliphatic heterocycles. The van der Waals surface area contributed by atoms with E-state index in [-0.39, 0.29) is 104 Å². The second-order valence-corrected chi connectivity index (χ2v) is 7.89. The Kier molecular flexibility index (Phi) is 35.9. The molecule has 2 amide bonds. The van der Waals surface area contributed by atoms with E-state index in [0.29, 0.717) is 12.1 Å². The Morgan fingerprint density at radius 1 is 0.765 bits per heavy atom. The van der Waals surface area contributed by atoms with Gasteiger partial charge in [-0.2, -0.15) is 6.92 Å². The SMILES string of the molecule is [B]C(=O)NC1CCN([CH2-])CC1.[B]C(=O)NC1CCNCC1.[CH2-]C.[CH2-]N1CCC(N)CC1.[Y].[Y].[Y]. The summed E-state index contributed by atoms with van der Waals surface area (Å²) in [7, 11) is 17.5. The molecule has 0 aromatic carbocycles. The number of carbonyl (C=O) groups excluding carboxylic acids is 2. The Labute approximate surface area is 286 Å². The van der Waals surface area contributed by atoms with E-state index in [9.17, 15) is 9.59 Å². The summed E-state index contributed by atoms with van der Waals surface area (Å²) in [5.74, 6) is -0.834. The fraction of sp³-hybridized carbons (Fsp3) is 0.762. The van der Waals surface area contributed by atoms with Crippen LogP contribution < -0.4 is 21.7 Å². The first kappa shape index (κ1) is 43.3. The molecule has 8 nitrogen and oxygen atoms in total. The van der Waals surface area contributed by atoms with Crippen molar-refractivity contribution in [1.82, 2.24) is 25.8 Å². The normalized spacial score (nSPS) is 19.3. The van der Waals surface area contributed by atoms with Crippen LogP contribution in [-0.2, 0) is 98.1 Å². The van der Waals surface area contributed by atoms with Crippen LogP contribution in [0.2, 0.25) is 0 Å². The number of piperidine rings is 3. The van der Waals surface area contributed by atoms with Gasteiger partial charge >= 0.3 is 0 Å². The van der Waals surface area contributed by atoms with Crippen LogP contribution in [0.5, 0.6) is 0 Å². The molecule has 34 heavy (non-hydrogen) atoms. The van der Waals surface area contributed by atoms with Crippen LogP contribution in [0.1, 0.15) is 45.4 Å². The van der Waals surface area contributed by atoms with Gasteiger partial charge in [0.25, 0.3) is 0 Å². The van der Waals surface area contributed by atoms with Crippen molar-refractivity contribution in [3.63, 3.8) is 0 Å². The van der Waals surface area contributed by atoms with E-state index < -0.39 is 11.6 Å². The van der Waals surface area contributed by atoms with E-state index in [2.05, 4.69) is 41.9 Å². The van der Waals surface area contributed by atoms with E-state index in [4.69, 9.17) is 21.4 Å². The van der Waals surface area contributed by atoms with E-state index in [1.54, 1.807) is 6.92 Å². The van der Waals surface area contributed by atoms with Crippen molar-refractivity contribution in [1.29, 1.82) is 0 Å². The molecule has 5 N–H and O–H groups in total. The molecule has 0 aromatic rings. The van der Waals surface area contributed by atoms with Crippen molar-refractivity contribution >= 4 is 27.3 Å². The fourth-order valence-electron chi connectivity index (χ4n) is 3.40. The first-order valence-corrected chi connectivity index (χ1v) is 11.2. The van der Waals surface area contributed by atoms with Gasteiger partial charge in [-0.15, -0.1) is 0 Å². The van der Waals surface area contributed by atoms with Crippen LogP contribution in [0, 0.1) is 21.0 Å². The third-order valence-electron chi connectivity index (χ3n) is 5.25. The summed E-state index contributed by atoms with van der Waals surface area (Å²) in [5.41, 5.74) is 5.64. The Hall–Kier alpha value is 2.22. The monoisotopic (exact) mass is 698 g/mol. The number of rotatable bonds is 2. The van der Waals surface area contributed by atoms with Crippen LogP contribution in [-0.4, -0.2) is 94.5 Å². The molecule has 3 aliphatic rings. The maximum atomic E-state index is 10.4. The van der Waals surface area contributed by atoms with Crippen molar-refractivity contribution in [2.75, 3.05) is 39.3 Å². The van der Waals surface area contributed by atoms with Crippen molar-refractivity contribution in [2.45, 2.75) is 63.6 Å². The maximum absolute atomic E-state index is 10.4. The number of amides is 2. The zero-order valence-corrected chi connectivity index (χ0v) is 29.5. The zero-order valence-electron chi connectivity index (χ0n) is 21.0. The fourth-order valence-corrected chi connectivity index (χ4v) is 3.40. The largest absolute Gasteiger partial charge is 0.459 e. The number of hydrogen-bond donors (Lipinski definition) is 4. The molecule has 0 unspecified atom stereocenters. The summed E-state index contributed by atoms with van der Waals surface area (Å²) < 4.78 is 0. The van der Waals surface area contributed by atoms with Gasteiger partial charge in [-0.1, -0.05) is 0 Å². The number of nitrogens with one attached hydrogen (secondary N) is 3. The molecule has 3 fully saturated rings. The van der Waals surface area contributed by atoms with Gasteiger partial charge in [0, 0.05) is 116 Å². The van der Waals surface area contributed by atoms with Gasteiger partial charge < -0.3 is 38.4 Å². The van der Waals surface area contributed by atoms with Gasteiger partial charge in [0.2, 0.25) is 15.7 Å². The second kappa shape index (κ2) is 28.2. The summed E-state index contributed by atoms with van der Waals surface area (Å²) >= 11 is 0. The molecular formula is C21H41B2N6O2Y3-3. The van der Waals surface area contributed by atoms with Gasteiger partial charge in [-0.3, -0.25) is 23.7 Å². The number of nitrogens with zero attached hydrogens (tertiary/aromatic N) is 2. The Morgan fingerprint density at radius 2 is 1.09 bits per heavy atom. The van der Waals surface area contributed by atoms with Gasteiger partial charge in [-0.05, 0) is 77.8 Å². The van der Waals surface area contributed by atoms with Crippen LogP contribution in [0.15, 0.2) is 0 Å². The van der Waals surface area contributed by atoms with Crippen molar-refractivity contribution < 1.29 is 108 Å². The molecule has 3 heterocycles. The first-order chi connectivity index (χ1) is 14.8. The minimum Gasteiger partial charge on any atom is -0.459 e. The summed E-state index contributed by atoms with van der Waals surface area (Å²) in [5, 5.41) is 8.56. The van der Waals surface area contributed by atoms with Crippen LogP contribution in [0.4, 0.5) is 9.59 Å². The first-order valence-electron chi connectivity index (χ1n) is 11.2. The Balaban J connectivity index is -0.000000185. The van der Waals surface area contributed by atoms with E-state index in [0.717, 1.165) is 77.8 Å². The summed E-state index contributed by atoms with van der Waals surface area (Å²) in [4.78, 5) is 24.9. The summed E-state index contributed by atoms with van der Waals surface area (Å²) in [6.45, 7) is 11.0. The predicted octanol–water partition coefficient (Wildman–Crippen LogP) is 0.771. The summed E-state index contributed by atoms with van der Waals surface area (Å²) in [6, 6.07) is 0.984. The molecule has 185 valence electrons. The average Bonchev–Trinajstić information content (AvgIpc) is 2.74. The van der Waals surface area contributed by atoms with Gasteiger partial charge in [0.15, 0.2) is 11.6 Å².